The predicted molar refractivity (Wildman–Crippen MR) is 150 cm³/mol. The van der Waals surface area contributed by atoms with E-state index in [1.165, 1.54) is 0 Å². The molecule has 0 bridgehead atoms. The number of amides is 3. The molecule has 2 saturated heterocycles. The van der Waals surface area contributed by atoms with Crippen LogP contribution in [0.3, 0.4) is 0 Å². The highest BCUT2D eigenvalue weighted by Crippen LogP contribution is 2.48. The van der Waals surface area contributed by atoms with E-state index in [0.717, 1.165) is 35.5 Å². The molecular weight excluding hydrogens is 504 g/mol. The van der Waals surface area contributed by atoms with Gasteiger partial charge >= 0.3 is 0 Å². The minimum absolute atomic E-state index is 0.0439. The molecule has 9 nitrogen and oxygen atoms in total. The minimum atomic E-state index is -0.466. The van der Waals surface area contributed by atoms with Crippen LogP contribution < -0.4 is 9.80 Å². The van der Waals surface area contributed by atoms with E-state index in [0.29, 0.717) is 44.0 Å². The fourth-order valence-electron chi connectivity index (χ4n) is 6.54. The number of piperidine rings is 1. The number of anilines is 2. The number of imidazole rings is 1. The third-order valence-electron chi connectivity index (χ3n) is 8.85. The molecule has 1 atom stereocenters. The van der Waals surface area contributed by atoms with Crippen LogP contribution in [0.5, 0.6) is 0 Å². The number of nitriles is 1. The normalized spacial score (nSPS) is 19.7. The lowest BCUT2D eigenvalue weighted by Crippen LogP contribution is -2.48. The van der Waals surface area contributed by atoms with Crippen molar-refractivity contribution in [3.63, 3.8) is 0 Å². The maximum absolute atomic E-state index is 14.1. The Balaban J connectivity index is 1.29. The molecule has 9 heteroatoms. The molecule has 3 amide bonds. The Morgan fingerprint density at radius 1 is 1.15 bits per heavy atom. The fourth-order valence-corrected chi connectivity index (χ4v) is 6.54. The summed E-state index contributed by atoms with van der Waals surface area (Å²) in [4.78, 5) is 48.9. The zero-order valence-electron chi connectivity index (χ0n) is 22.8. The second kappa shape index (κ2) is 9.94. The first kappa shape index (κ1) is 25.8. The molecular formula is C31H32N6O3. The standard InChI is InChI=1S/C31H32N6O3/c1-21-33-10-13-35(21)18-24-6-7-28-27(15-24)31(8-11-34(12-9-31)22(2)38)20-37(28)30(40)25-16-29(39)36(19-25)26-5-3-4-23(14-26)17-32/h3-7,10,13-15,25H,8-9,11-12,16,18-20H2,1-2H3/t25-/m0/s1. The van der Waals surface area contributed by atoms with E-state index < -0.39 is 5.92 Å². The second-order valence-electron chi connectivity index (χ2n) is 11.2. The van der Waals surface area contributed by atoms with Gasteiger partial charge in [0.1, 0.15) is 5.82 Å². The molecule has 40 heavy (non-hydrogen) atoms. The molecule has 6 rings (SSSR count). The van der Waals surface area contributed by atoms with Gasteiger partial charge in [-0.3, -0.25) is 14.4 Å². The van der Waals surface area contributed by atoms with E-state index in [9.17, 15) is 19.6 Å². The van der Waals surface area contributed by atoms with Crippen LogP contribution in [-0.2, 0) is 26.3 Å². The summed E-state index contributed by atoms with van der Waals surface area (Å²) in [6, 6.07) is 15.4. The maximum atomic E-state index is 14.1. The molecule has 0 unspecified atom stereocenters. The largest absolute Gasteiger partial charge is 0.343 e. The van der Waals surface area contributed by atoms with Crippen LogP contribution in [0.15, 0.2) is 54.9 Å². The van der Waals surface area contributed by atoms with Crippen molar-refractivity contribution in [3.8, 4) is 6.07 Å². The van der Waals surface area contributed by atoms with Gasteiger partial charge in [-0.2, -0.15) is 5.26 Å². The van der Waals surface area contributed by atoms with Crippen molar-refractivity contribution in [3.05, 3.63) is 77.4 Å². The number of hydrogen-bond donors (Lipinski definition) is 0. The molecule has 1 spiro atoms. The second-order valence-corrected chi connectivity index (χ2v) is 11.2. The van der Waals surface area contributed by atoms with Crippen molar-refractivity contribution in [1.82, 2.24) is 14.5 Å². The average Bonchev–Trinajstić information content (AvgIpc) is 3.64. The lowest BCUT2D eigenvalue weighted by Gasteiger charge is -2.39. The topological polar surface area (TPSA) is 103 Å². The van der Waals surface area contributed by atoms with Crippen LogP contribution >= 0.6 is 0 Å². The Kier molecular flexibility index (Phi) is 6.41. The van der Waals surface area contributed by atoms with Gasteiger partial charge in [-0.1, -0.05) is 18.2 Å². The van der Waals surface area contributed by atoms with E-state index in [-0.39, 0.29) is 29.6 Å². The zero-order chi connectivity index (χ0) is 28.0. The minimum Gasteiger partial charge on any atom is -0.343 e. The van der Waals surface area contributed by atoms with Crippen molar-refractivity contribution in [2.24, 2.45) is 5.92 Å². The molecule has 2 aromatic carbocycles. The van der Waals surface area contributed by atoms with Crippen LogP contribution in [0.4, 0.5) is 11.4 Å². The first-order valence-electron chi connectivity index (χ1n) is 13.8. The highest BCUT2D eigenvalue weighted by molar-refractivity contribution is 6.05. The van der Waals surface area contributed by atoms with Gasteiger partial charge < -0.3 is 19.3 Å². The van der Waals surface area contributed by atoms with Gasteiger partial charge in [-0.05, 0) is 55.2 Å². The first-order chi connectivity index (χ1) is 19.3. The summed E-state index contributed by atoms with van der Waals surface area (Å²) in [5.74, 6) is 0.403. The van der Waals surface area contributed by atoms with Gasteiger partial charge in [0.2, 0.25) is 17.7 Å². The Hall–Kier alpha value is -4.45. The SMILES string of the molecule is CC(=O)N1CCC2(CC1)CN(C(=O)[C@H]1CC(=O)N(c3cccc(C#N)c3)C1)c1ccc(Cn3ccnc3C)cc12. The summed E-state index contributed by atoms with van der Waals surface area (Å²) < 4.78 is 2.10. The molecule has 3 aliphatic heterocycles. The van der Waals surface area contributed by atoms with Crippen LogP contribution in [0, 0.1) is 24.2 Å². The smallest absolute Gasteiger partial charge is 0.232 e. The number of likely N-dealkylation sites (tertiary alicyclic amines) is 1. The molecule has 1 aromatic heterocycles. The van der Waals surface area contributed by atoms with Crippen molar-refractivity contribution >= 4 is 29.1 Å². The molecule has 2 fully saturated rings. The quantitative estimate of drug-likeness (QED) is 0.509. The number of aryl methyl sites for hydroxylation is 1. The Labute approximate surface area is 233 Å². The zero-order valence-corrected chi connectivity index (χ0v) is 22.8. The van der Waals surface area contributed by atoms with Crippen molar-refractivity contribution in [2.45, 2.75) is 45.1 Å². The summed E-state index contributed by atoms with van der Waals surface area (Å²) in [5.41, 5.74) is 4.09. The average molecular weight is 537 g/mol. The van der Waals surface area contributed by atoms with Crippen molar-refractivity contribution in [2.75, 3.05) is 36.0 Å². The molecule has 3 aliphatic rings. The van der Waals surface area contributed by atoms with Crippen LogP contribution in [-0.4, -0.2) is 58.4 Å². The highest BCUT2D eigenvalue weighted by Gasteiger charge is 2.49. The summed E-state index contributed by atoms with van der Waals surface area (Å²) in [6.45, 7) is 6.44. The van der Waals surface area contributed by atoms with Crippen LogP contribution in [0.25, 0.3) is 0 Å². The molecule has 3 aromatic rings. The third-order valence-corrected chi connectivity index (χ3v) is 8.85. The van der Waals surface area contributed by atoms with Crippen LogP contribution in [0.1, 0.15) is 48.7 Å². The van der Waals surface area contributed by atoms with Crippen molar-refractivity contribution in [1.29, 1.82) is 5.26 Å². The Bertz CT molecular complexity index is 1540. The number of hydrogen-bond acceptors (Lipinski definition) is 5. The van der Waals surface area contributed by atoms with Gasteiger partial charge in [0.05, 0.1) is 17.6 Å². The monoisotopic (exact) mass is 536 g/mol. The Morgan fingerprint density at radius 2 is 1.95 bits per heavy atom. The van der Waals surface area contributed by atoms with Gasteiger partial charge in [0, 0.05) is 75.3 Å². The van der Waals surface area contributed by atoms with E-state index in [1.54, 1.807) is 42.3 Å². The van der Waals surface area contributed by atoms with Crippen LogP contribution in [0.2, 0.25) is 0 Å². The van der Waals surface area contributed by atoms with Gasteiger partial charge in [0.15, 0.2) is 0 Å². The molecule has 0 N–H and O–H groups in total. The lowest BCUT2D eigenvalue weighted by molar-refractivity contribution is -0.130. The number of carbonyl (C=O) groups excluding carboxylic acids is 3. The number of aromatic nitrogens is 2. The molecule has 204 valence electrons. The van der Waals surface area contributed by atoms with E-state index in [4.69, 9.17) is 0 Å². The molecule has 4 heterocycles. The predicted octanol–water partition coefficient (Wildman–Crippen LogP) is 3.39. The summed E-state index contributed by atoms with van der Waals surface area (Å²) in [7, 11) is 0. The number of rotatable bonds is 4. The fraction of sp³-hybridized carbons (Fsp3) is 0.387. The maximum Gasteiger partial charge on any atom is 0.232 e. The third kappa shape index (κ3) is 4.43. The van der Waals surface area contributed by atoms with E-state index in [2.05, 4.69) is 27.8 Å². The molecule has 0 radical (unpaired) electrons. The van der Waals surface area contributed by atoms with Gasteiger partial charge in [0.25, 0.3) is 0 Å². The molecule has 0 saturated carbocycles. The van der Waals surface area contributed by atoms with Gasteiger partial charge in [-0.25, -0.2) is 4.98 Å². The summed E-state index contributed by atoms with van der Waals surface area (Å²) >= 11 is 0. The summed E-state index contributed by atoms with van der Waals surface area (Å²) in [6.07, 6.45) is 5.48. The van der Waals surface area contributed by atoms with Gasteiger partial charge in [-0.15, -0.1) is 0 Å². The van der Waals surface area contributed by atoms with E-state index >= 15 is 0 Å². The van der Waals surface area contributed by atoms with Crippen molar-refractivity contribution < 1.29 is 14.4 Å². The Morgan fingerprint density at radius 3 is 2.65 bits per heavy atom. The van der Waals surface area contributed by atoms with E-state index in [1.807, 2.05) is 29.0 Å². The summed E-state index contributed by atoms with van der Waals surface area (Å²) in [5, 5.41) is 9.28. The first-order valence-corrected chi connectivity index (χ1v) is 13.8. The number of carbonyl (C=O) groups is 3. The lowest BCUT2D eigenvalue weighted by atomic mass is 9.74. The highest BCUT2D eigenvalue weighted by atomic mass is 16.2. The number of nitrogens with zero attached hydrogens (tertiary/aromatic N) is 6. The number of fused-ring (bicyclic) bond motifs is 2. The molecule has 0 aliphatic carbocycles. The number of benzene rings is 2.